The van der Waals surface area contributed by atoms with Gasteiger partial charge in [-0.15, -0.1) is 0 Å². The fourth-order valence-corrected chi connectivity index (χ4v) is 1.96. The summed E-state index contributed by atoms with van der Waals surface area (Å²) in [5.41, 5.74) is 6.64. The van der Waals surface area contributed by atoms with Crippen molar-refractivity contribution in [2.45, 2.75) is 6.04 Å². The number of nitro groups is 1. The maximum absolute atomic E-state index is 12.1. The molecule has 0 aliphatic rings. The van der Waals surface area contributed by atoms with Gasteiger partial charge < -0.3 is 11.1 Å². The van der Waals surface area contributed by atoms with Crippen LogP contribution in [-0.2, 0) is 4.79 Å². The number of nitro benzene ring substituents is 1. The Hall–Kier alpha value is -2.44. The van der Waals surface area contributed by atoms with Crippen LogP contribution in [0, 0.1) is 10.1 Å². The van der Waals surface area contributed by atoms with Crippen LogP contribution < -0.4 is 11.1 Å². The second kappa shape index (κ2) is 6.34. The van der Waals surface area contributed by atoms with Gasteiger partial charge in [-0.1, -0.05) is 41.9 Å². The highest BCUT2D eigenvalue weighted by Crippen LogP contribution is 2.27. The van der Waals surface area contributed by atoms with Crippen LogP contribution in [0.4, 0.5) is 11.4 Å². The molecule has 0 saturated carbocycles. The number of nitrogens with two attached hydrogens (primary N) is 1. The lowest BCUT2D eigenvalue weighted by Gasteiger charge is -2.13. The molecule has 6 nitrogen and oxygen atoms in total. The minimum Gasteiger partial charge on any atom is -0.323 e. The van der Waals surface area contributed by atoms with Gasteiger partial charge >= 0.3 is 0 Å². The summed E-state index contributed by atoms with van der Waals surface area (Å²) in [6.45, 7) is 0. The highest BCUT2D eigenvalue weighted by Gasteiger charge is 2.17. The fraction of sp³-hybridized carbons (Fsp3) is 0.0714. The Morgan fingerprint density at radius 3 is 2.48 bits per heavy atom. The largest absolute Gasteiger partial charge is 0.323 e. The molecule has 0 aliphatic heterocycles. The highest BCUT2D eigenvalue weighted by atomic mass is 35.5. The van der Waals surface area contributed by atoms with Crippen LogP contribution in [0.2, 0.25) is 5.02 Å². The molecule has 0 heterocycles. The molecule has 0 fully saturated rings. The predicted octanol–water partition coefficient (Wildman–Crippen LogP) is 2.89. The van der Waals surface area contributed by atoms with Crippen LogP contribution in [0.25, 0.3) is 0 Å². The van der Waals surface area contributed by atoms with Gasteiger partial charge in [0.05, 0.1) is 15.6 Å². The molecule has 0 radical (unpaired) electrons. The van der Waals surface area contributed by atoms with Crippen LogP contribution in [0.15, 0.2) is 48.5 Å². The van der Waals surface area contributed by atoms with Crippen LogP contribution in [0.1, 0.15) is 11.6 Å². The van der Waals surface area contributed by atoms with Crippen molar-refractivity contribution in [1.82, 2.24) is 0 Å². The maximum atomic E-state index is 12.1. The van der Waals surface area contributed by atoms with E-state index in [1.807, 2.05) is 6.07 Å². The second-order valence-electron chi connectivity index (χ2n) is 4.30. The van der Waals surface area contributed by atoms with E-state index in [-0.39, 0.29) is 16.4 Å². The summed E-state index contributed by atoms with van der Waals surface area (Å²) < 4.78 is 0. The van der Waals surface area contributed by atoms with E-state index < -0.39 is 16.9 Å². The van der Waals surface area contributed by atoms with Crippen LogP contribution in [0.5, 0.6) is 0 Å². The molecule has 1 amide bonds. The van der Waals surface area contributed by atoms with E-state index in [0.717, 1.165) is 0 Å². The molecule has 2 rings (SSSR count). The molecule has 2 aromatic rings. The van der Waals surface area contributed by atoms with Crippen molar-refractivity contribution >= 4 is 28.9 Å². The molecule has 2 aromatic carbocycles. The Morgan fingerprint density at radius 2 is 1.90 bits per heavy atom. The van der Waals surface area contributed by atoms with Crippen LogP contribution >= 0.6 is 11.6 Å². The average molecular weight is 306 g/mol. The van der Waals surface area contributed by atoms with Crippen molar-refractivity contribution in [1.29, 1.82) is 0 Å². The molecule has 1 unspecified atom stereocenters. The summed E-state index contributed by atoms with van der Waals surface area (Å²) in [5.74, 6) is -0.447. The van der Waals surface area contributed by atoms with E-state index in [0.29, 0.717) is 5.56 Å². The van der Waals surface area contributed by atoms with E-state index >= 15 is 0 Å². The first kappa shape index (κ1) is 15.0. The first-order chi connectivity index (χ1) is 9.99. The number of nitrogens with zero attached hydrogens (tertiary/aromatic N) is 1. The quantitative estimate of drug-likeness (QED) is 0.670. The summed E-state index contributed by atoms with van der Waals surface area (Å²) in [5, 5.41) is 13.3. The average Bonchev–Trinajstić information content (AvgIpc) is 2.49. The van der Waals surface area contributed by atoms with Gasteiger partial charge in [0, 0.05) is 12.1 Å². The lowest BCUT2D eigenvalue weighted by molar-refractivity contribution is -0.384. The fourth-order valence-electron chi connectivity index (χ4n) is 1.74. The SMILES string of the molecule is NC(C(=O)Nc1ccc([N+](=O)[O-])cc1Cl)c1ccccc1. The van der Waals surface area contributed by atoms with Crippen molar-refractivity contribution in [3.63, 3.8) is 0 Å². The number of nitrogens with one attached hydrogen (secondary N) is 1. The number of carbonyl (C=O) groups is 1. The summed E-state index contributed by atoms with van der Waals surface area (Å²) >= 11 is 5.91. The molecular weight excluding hydrogens is 294 g/mol. The first-order valence-electron chi connectivity index (χ1n) is 6.04. The van der Waals surface area contributed by atoms with Crippen molar-refractivity contribution in [3.05, 3.63) is 69.2 Å². The molecule has 108 valence electrons. The third kappa shape index (κ3) is 3.56. The van der Waals surface area contributed by atoms with E-state index in [2.05, 4.69) is 5.32 Å². The molecule has 0 aliphatic carbocycles. The van der Waals surface area contributed by atoms with E-state index in [1.165, 1.54) is 18.2 Å². The zero-order chi connectivity index (χ0) is 15.4. The summed E-state index contributed by atoms with van der Waals surface area (Å²) in [6, 6.07) is 11.8. The van der Waals surface area contributed by atoms with Crippen molar-refractivity contribution in [2.24, 2.45) is 5.73 Å². The minimum absolute atomic E-state index is 0.0813. The molecule has 0 saturated heterocycles. The zero-order valence-corrected chi connectivity index (χ0v) is 11.6. The van der Waals surface area contributed by atoms with Crippen molar-refractivity contribution < 1.29 is 9.72 Å². The van der Waals surface area contributed by atoms with E-state index in [9.17, 15) is 14.9 Å². The standard InChI is InChI=1S/C14H12ClN3O3/c15-11-8-10(18(20)21)6-7-12(11)17-14(19)13(16)9-4-2-1-3-5-9/h1-8,13H,16H2,(H,17,19). The molecule has 21 heavy (non-hydrogen) atoms. The minimum atomic E-state index is -0.850. The van der Waals surface area contributed by atoms with Gasteiger partial charge in [0.25, 0.3) is 5.69 Å². The van der Waals surface area contributed by atoms with Gasteiger partial charge in [-0.25, -0.2) is 0 Å². The number of carbonyl (C=O) groups excluding carboxylic acids is 1. The van der Waals surface area contributed by atoms with Gasteiger partial charge in [0.2, 0.25) is 5.91 Å². The second-order valence-corrected chi connectivity index (χ2v) is 4.71. The van der Waals surface area contributed by atoms with Gasteiger partial charge in [-0.2, -0.15) is 0 Å². The number of hydrogen-bond donors (Lipinski definition) is 2. The molecule has 3 N–H and O–H groups in total. The van der Waals surface area contributed by atoms with Gasteiger partial charge in [0.15, 0.2) is 0 Å². The van der Waals surface area contributed by atoms with Crippen LogP contribution in [-0.4, -0.2) is 10.8 Å². The molecule has 7 heteroatoms. The number of amides is 1. The number of rotatable bonds is 4. The topological polar surface area (TPSA) is 98.3 Å². The smallest absolute Gasteiger partial charge is 0.271 e. The molecule has 0 aromatic heterocycles. The highest BCUT2D eigenvalue weighted by molar-refractivity contribution is 6.34. The number of halogens is 1. The Balaban J connectivity index is 2.15. The van der Waals surface area contributed by atoms with Gasteiger partial charge in [-0.3, -0.25) is 14.9 Å². The first-order valence-corrected chi connectivity index (χ1v) is 6.42. The number of hydrogen-bond acceptors (Lipinski definition) is 4. The van der Waals surface area contributed by atoms with E-state index in [1.54, 1.807) is 24.3 Å². The number of benzene rings is 2. The Bertz CT molecular complexity index is 676. The lowest BCUT2D eigenvalue weighted by atomic mass is 10.1. The Kier molecular flexibility index (Phi) is 4.52. The third-order valence-electron chi connectivity index (χ3n) is 2.86. The van der Waals surface area contributed by atoms with Crippen LogP contribution in [0.3, 0.4) is 0 Å². The van der Waals surface area contributed by atoms with Crippen molar-refractivity contribution in [3.8, 4) is 0 Å². The Morgan fingerprint density at radius 1 is 1.24 bits per heavy atom. The zero-order valence-electron chi connectivity index (χ0n) is 10.8. The maximum Gasteiger partial charge on any atom is 0.271 e. The molecular formula is C14H12ClN3O3. The van der Waals surface area contributed by atoms with E-state index in [4.69, 9.17) is 17.3 Å². The molecule has 0 bridgehead atoms. The molecule has 1 atom stereocenters. The normalized spacial score (nSPS) is 11.7. The number of non-ortho nitro benzene ring substituents is 1. The van der Waals surface area contributed by atoms with Gasteiger partial charge in [0.1, 0.15) is 6.04 Å². The summed E-state index contributed by atoms with van der Waals surface area (Å²) in [4.78, 5) is 22.1. The summed E-state index contributed by atoms with van der Waals surface area (Å²) in [7, 11) is 0. The number of anilines is 1. The van der Waals surface area contributed by atoms with Crippen molar-refractivity contribution in [2.75, 3.05) is 5.32 Å². The monoisotopic (exact) mass is 305 g/mol. The third-order valence-corrected chi connectivity index (χ3v) is 3.18. The lowest BCUT2D eigenvalue weighted by Crippen LogP contribution is -2.27. The predicted molar refractivity (Wildman–Crippen MR) is 80.1 cm³/mol. The molecule has 0 spiro atoms. The van der Waals surface area contributed by atoms with Gasteiger partial charge in [-0.05, 0) is 11.6 Å². The Labute approximate surface area is 125 Å². The summed E-state index contributed by atoms with van der Waals surface area (Å²) in [6.07, 6.45) is 0.